The van der Waals surface area contributed by atoms with Gasteiger partial charge in [0.25, 0.3) is 5.56 Å². The smallest absolute Gasteiger partial charge is 0.292 e. The number of nitrogens with zero attached hydrogens (tertiary/aromatic N) is 3. The van der Waals surface area contributed by atoms with Crippen molar-refractivity contribution in [2.45, 2.75) is 6.18 Å². The van der Waals surface area contributed by atoms with Crippen molar-refractivity contribution < 1.29 is 13.2 Å². The van der Waals surface area contributed by atoms with Crippen LogP contribution in [0.3, 0.4) is 0 Å². The summed E-state index contributed by atoms with van der Waals surface area (Å²) in [6.45, 7) is 0. The van der Waals surface area contributed by atoms with Gasteiger partial charge in [0, 0.05) is 18.5 Å². The lowest BCUT2D eigenvalue weighted by Crippen LogP contribution is -2.40. The van der Waals surface area contributed by atoms with Crippen LogP contribution in [-0.2, 0) is 13.2 Å². The Morgan fingerprint density at radius 2 is 1.91 bits per heavy atom. The third kappa shape index (κ3) is 2.61. The molecule has 3 aromatic rings. The molecule has 0 radical (unpaired) electrons. The van der Waals surface area contributed by atoms with Gasteiger partial charge in [-0.25, -0.2) is 9.36 Å². The predicted molar refractivity (Wildman–Crippen MR) is 83.2 cm³/mol. The molecule has 0 unspecified atom stereocenters. The molecule has 0 aliphatic heterocycles. The molecule has 0 atom stereocenters. The monoisotopic (exact) mass is 405 g/mol. The summed E-state index contributed by atoms with van der Waals surface area (Å²) in [5.41, 5.74) is -3.22. The largest absolute Gasteiger partial charge is 0.431 e. The van der Waals surface area contributed by atoms with Crippen molar-refractivity contribution in [3.63, 3.8) is 0 Å². The van der Waals surface area contributed by atoms with Crippen LogP contribution >= 0.6 is 27.5 Å². The molecule has 0 saturated carbocycles. The van der Waals surface area contributed by atoms with Gasteiger partial charge in [-0.2, -0.15) is 17.5 Å². The number of aromatic nitrogens is 3. The molecule has 120 valence electrons. The van der Waals surface area contributed by atoms with E-state index in [-0.39, 0.29) is 5.69 Å². The summed E-state index contributed by atoms with van der Waals surface area (Å²) in [5.74, 6) is 0. The quantitative estimate of drug-likeness (QED) is 0.625. The number of alkyl halides is 3. The first-order valence-electron chi connectivity index (χ1n) is 6.16. The molecule has 0 spiro atoms. The lowest BCUT2D eigenvalue weighted by molar-refractivity contribution is -0.144. The zero-order chi connectivity index (χ0) is 16.9. The second kappa shape index (κ2) is 5.31. The summed E-state index contributed by atoms with van der Waals surface area (Å²) < 4.78 is 45.1. The molecule has 2 heterocycles. The lowest BCUT2D eigenvalue weighted by Gasteiger charge is -2.13. The number of halogens is 4. The van der Waals surface area contributed by atoms with E-state index in [0.717, 1.165) is 11.7 Å². The molecule has 0 saturated heterocycles. The predicted octanol–water partition coefficient (Wildman–Crippen LogP) is 2.93. The Labute approximate surface area is 138 Å². The van der Waals surface area contributed by atoms with Crippen LogP contribution in [0.1, 0.15) is 5.69 Å². The van der Waals surface area contributed by atoms with Gasteiger partial charge in [-0.05, 0) is 45.7 Å². The first-order chi connectivity index (χ1) is 10.7. The van der Waals surface area contributed by atoms with Crippen LogP contribution < -0.4 is 11.2 Å². The van der Waals surface area contributed by atoms with E-state index in [1.807, 2.05) is 0 Å². The summed E-state index contributed by atoms with van der Waals surface area (Å²) in [5, 5.41) is 0.668. The Morgan fingerprint density at radius 3 is 2.57 bits per heavy atom. The number of benzene rings is 1. The summed E-state index contributed by atoms with van der Waals surface area (Å²) in [6.07, 6.45) is -4.78. The van der Waals surface area contributed by atoms with Crippen LogP contribution in [0.25, 0.3) is 15.8 Å². The molecule has 2 aromatic heterocycles. The average Bonchev–Trinajstić information content (AvgIpc) is 2.83. The molecular formula is C13H7BrF3N3O2S. The van der Waals surface area contributed by atoms with Gasteiger partial charge in [0.1, 0.15) is 10.3 Å². The maximum Gasteiger partial charge on any atom is 0.431 e. The third-order valence-electron chi connectivity index (χ3n) is 3.28. The Morgan fingerprint density at radius 1 is 1.22 bits per heavy atom. The first kappa shape index (κ1) is 15.9. The highest BCUT2D eigenvalue weighted by molar-refractivity contribution is 9.10. The normalized spacial score (nSPS) is 12.0. The van der Waals surface area contributed by atoms with Crippen molar-refractivity contribution >= 4 is 37.5 Å². The second-order valence-corrected chi connectivity index (χ2v) is 6.25. The SMILES string of the molecule is Cn1c(C(F)(F)F)cc(=O)n(-c2ccc3snc(Br)c3c2)c1=O. The van der Waals surface area contributed by atoms with E-state index in [1.165, 1.54) is 23.7 Å². The standard InChI is InChI=1S/C13H7BrF3N3O2S/c1-19-9(13(15,16)17)5-10(21)20(12(19)22)6-2-3-8-7(4-6)11(14)18-23-8/h2-5H,1H3. The first-order valence-corrected chi connectivity index (χ1v) is 7.72. The second-order valence-electron chi connectivity index (χ2n) is 4.70. The summed E-state index contributed by atoms with van der Waals surface area (Å²) in [6, 6.07) is 5.07. The van der Waals surface area contributed by atoms with Gasteiger partial charge in [-0.1, -0.05) is 0 Å². The van der Waals surface area contributed by atoms with E-state index in [2.05, 4.69) is 20.3 Å². The average molecular weight is 406 g/mol. The van der Waals surface area contributed by atoms with E-state index in [4.69, 9.17) is 0 Å². The van der Waals surface area contributed by atoms with Crippen LogP contribution in [0.4, 0.5) is 13.2 Å². The molecule has 1 aromatic carbocycles. The molecule has 0 amide bonds. The van der Waals surface area contributed by atoms with Gasteiger partial charge < -0.3 is 0 Å². The van der Waals surface area contributed by atoms with Crippen molar-refractivity contribution in [3.05, 3.63) is 55.4 Å². The van der Waals surface area contributed by atoms with Gasteiger partial charge in [-0.3, -0.25) is 9.36 Å². The van der Waals surface area contributed by atoms with Gasteiger partial charge in [0.05, 0.1) is 10.4 Å². The molecule has 5 nitrogen and oxygen atoms in total. The highest BCUT2D eigenvalue weighted by atomic mass is 79.9. The maximum atomic E-state index is 12.8. The van der Waals surface area contributed by atoms with E-state index in [1.54, 1.807) is 6.07 Å². The van der Waals surface area contributed by atoms with Crippen LogP contribution in [0.2, 0.25) is 0 Å². The van der Waals surface area contributed by atoms with Crippen LogP contribution in [-0.4, -0.2) is 13.5 Å². The minimum atomic E-state index is -4.78. The molecule has 0 N–H and O–H groups in total. The Kier molecular flexibility index (Phi) is 3.68. The highest BCUT2D eigenvalue weighted by Crippen LogP contribution is 2.29. The molecule has 23 heavy (non-hydrogen) atoms. The van der Waals surface area contributed by atoms with Crippen molar-refractivity contribution in [3.8, 4) is 5.69 Å². The van der Waals surface area contributed by atoms with E-state index in [9.17, 15) is 22.8 Å². The number of fused-ring (bicyclic) bond motifs is 1. The minimum absolute atomic E-state index is 0.178. The van der Waals surface area contributed by atoms with Crippen LogP contribution in [0, 0.1) is 0 Å². The molecular weight excluding hydrogens is 399 g/mol. The molecule has 3 rings (SSSR count). The fourth-order valence-corrected chi connectivity index (χ4v) is 3.51. The van der Waals surface area contributed by atoms with Crippen molar-refractivity contribution in [1.29, 1.82) is 0 Å². The Balaban J connectivity index is 2.31. The van der Waals surface area contributed by atoms with Gasteiger partial charge in [0.2, 0.25) is 0 Å². The summed E-state index contributed by atoms with van der Waals surface area (Å²) in [4.78, 5) is 24.3. The highest BCUT2D eigenvalue weighted by Gasteiger charge is 2.35. The molecule has 0 aliphatic carbocycles. The molecule has 10 heteroatoms. The van der Waals surface area contributed by atoms with E-state index >= 15 is 0 Å². The van der Waals surface area contributed by atoms with Crippen molar-refractivity contribution in [2.24, 2.45) is 7.05 Å². The van der Waals surface area contributed by atoms with Crippen molar-refractivity contribution in [1.82, 2.24) is 13.5 Å². The van der Waals surface area contributed by atoms with Crippen molar-refractivity contribution in [2.75, 3.05) is 0 Å². The molecule has 0 bridgehead atoms. The molecule has 0 fully saturated rings. The zero-order valence-electron chi connectivity index (χ0n) is 11.4. The lowest BCUT2D eigenvalue weighted by atomic mass is 10.2. The Bertz CT molecular complexity index is 1040. The number of hydrogen-bond donors (Lipinski definition) is 0. The summed E-state index contributed by atoms with van der Waals surface area (Å²) >= 11 is 4.46. The maximum absolute atomic E-state index is 12.8. The fourth-order valence-electron chi connectivity index (χ4n) is 2.17. The minimum Gasteiger partial charge on any atom is -0.292 e. The topological polar surface area (TPSA) is 56.9 Å². The van der Waals surface area contributed by atoms with Gasteiger partial charge >= 0.3 is 11.9 Å². The zero-order valence-corrected chi connectivity index (χ0v) is 13.8. The number of rotatable bonds is 1. The van der Waals surface area contributed by atoms with Crippen LogP contribution in [0.5, 0.6) is 0 Å². The fraction of sp³-hybridized carbons (Fsp3) is 0.154. The van der Waals surface area contributed by atoms with Crippen LogP contribution in [0.15, 0.2) is 38.5 Å². The molecule has 0 aliphatic rings. The summed E-state index contributed by atoms with van der Waals surface area (Å²) in [7, 11) is 0.974. The van der Waals surface area contributed by atoms with E-state index in [0.29, 0.717) is 25.2 Å². The van der Waals surface area contributed by atoms with Gasteiger partial charge in [0.15, 0.2) is 0 Å². The third-order valence-corrected chi connectivity index (χ3v) is 4.94. The van der Waals surface area contributed by atoms with E-state index < -0.39 is 23.1 Å². The number of hydrogen-bond acceptors (Lipinski definition) is 4. The Hall–Kier alpha value is -1.94. The van der Waals surface area contributed by atoms with Gasteiger partial charge in [-0.15, -0.1) is 0 Å².